The van der Waals surface area contributed by atoms with Crippen LogP contribution < -0.4 is 35.4 Å². The molecule has 0 aliphatic carbocycles. The maximum atomic E-state index is 10.2. The van der Waals surface area contributed by atoms with E-state index in [0.29, 0.717) is 6.54 Å². The smallest absolute Gasteiger partial charge is 0.368 e. The van der Waals surface area contributed by atoms with Gasteiger partial charge in [-0.2, -0.15) is 0 Å². The van der Waals surface area contributed by atoms with E-state index >= 15 is 0 Å². The van der Waals surface area contributed by atoms with Gasteiger partial charge in [-0.1, -0.05) is 0 Å². The van der Waals surface area contributed by atoms with Crippen molar-refractivity contribution in [1.82, 2.24) is 0 Å². The maximum absolute atomic E-state index is 10.2. The lowest BCUT2D eigenvalue weighted by Gasteiger charge is -2.06. The normalized spacial score (nSPS) is 11.3. The number of hydrogen-bond donors (Lipinski definition) is 3. The number of likely N-dealkylation sites (N-methyl/N-ethyl adjacent to an activating group) is 1. The molecule has 0 fully saturated rings. The van der Waals surface area contributed by atoms with Gasteiger partial charge in [-0.05, 0) is 0 Å². The van der Waals surface area contributed by atoms with Crippen molar-refractivity contribution in [2.24, 2.45) is 0 Å². The quantitative estimate of drug-likeness (QED) is 0.428. The molecule has 0 heterocycles. The molecule has 0 aliphatic rings. The van der Waals surface area contributed by atoms with Gasteiger partial charge in [0.15, 0.2) is 0 Å². The number of carbonyl (C=O) groups is 1. The summed E-state index contributed by atoms with van der Waals surface area (Å²) in [6.45, 7) is 0.579. The molecular weight excluding hydrogens is 191 g/mol. The first-order valence-electron chi connectivity index (χ1n) is 2.89. The van der Waals surface area contributed by atoms with E-state index in [1.54, 1.807) is 0 Å². The first kappa shape index (κ1) is 17.2. The van der Waals surface area contributed by atoms with Crippen LogP contribution in [0.1, 0.15) is 0 Å². The van der Waals surface area contributed by atoms with Crippen molar-refractivity contribution < 1.29 is 45.3 Å². The van der Waals surface area contributed by atoms with E-state index in [4.69, 9.17) is 5.11 Å². The van der Waals surface area contributed by atoms with Crippen LogP contribution in [0.4, 0.5) is 0 Å². The minimum absolute atomic E-state index is 0. The zero-order valence-corrected chi connectivity index (χ0v) is 8.11. The second-order valence-electron chi connectivity index (χ2n) is 2.45. The van der Waals surface area contributed by atoms with Gasteiger partial charge in [0.1, 0.15) is 6.54 Å². The van der Waals surface area contributed by atoms with Gasteiger partial charge in [-0.25, -0.2) is 4.79 Å². The van der Waals surface area contributed by atoms with Gasteiger partial charge in [-0.15, -0.1) is 0 Å². The van der Waals surface area contributed by atoms with Crippen LogP contribution in [0.25, 0.3) is 0 Å². The van der Waals surface area contributed by atoms with E-state index in [1.165, 1.54) is 0 Å². The SMILES string of the molecule is C[NH+](C)CC([NH3+])C(=O)O.[Cl-].[Cl-]. The molecule has 0 radical (unpaired) electrons. The lowest BCUT2D eigenvalue weighted by Crippen LogP contribution is -3.09. The minimum atomic E-state index is -0.823. The molecule has 4 nitrogen and oxygen atoms in total. The summed E-state index contributed by atoms with van der Waals surface area (Å²) < 4.78 is 0. The van der Waals surface area contributed by atoms with Gasteiger partial charge in [0, 0.05) is 0 Å². The number of rotatable bonds is 3. The molecule has 0 aliphatic heterocycles. The molecule has 0 aromatic heterocycles. The van der Waals surface area contributed by atoms with Crippen molar-refractivity contribution in [2.75, 3.05) is 20.6 Å². The fourth-order valence-corrected chi connectivity index (χ4v) is 0.580. The zero-order chi connectivity index (χ0) is 7.44. The number of hydrogen-bond acceptors (Lipinski definition) is 1. The van der Waals surface area contributed by atoms with Crippen LogP contribution in [0.2, 0.25) is 0 Å². The Hall–Kier alpha value is -0.0300. The summed E-state index contributed by atoms with van der Waals surface area (Å²) in [6.07, 6.45) is 0. The number of nitrogens with one attached hydrogen (secondary N) is 1. The molecular formula is C5H14Cl2N2O2. The minimum Gasteiger partial charge on any atom is -1.00 e. The van der Waals surface area contributed by atoms with Crippen molar-refractivity contribution in [1.29, 1.82) is 0 Å². The molecule has 0 aromatic carbocycles. The molecule has 0 saturated heterocycles. The van der Waals surface area contributed by atoms with E-state index in [9.17, 15) is 4.79 Å². The summed E-state index contributed by atoms with van der Waals surface area (Å²) in [6, 6.07) is -0.477. The summed E-state index contributed by atoms with van der Waals surface area (Å²) in [5, 5.41) is 8.36. The van der Waals surface area contributed by atoms with Gasteiger partial charge in [0.2, 0.25) is 6.04 Å². The number of quaternary nitrogens is 2. The summed E-state index contributed by atoms with van der Waals surface area (Å²) in [4.78, 5) is 11.3. The molecule has 1 unspecified atom stereocenters. The molecule has 11 heavy (non-hydrogen) atoms. The molecule has 6 heteroatoms. The molecule has 1 atom stereocenters. The summed E-state index contributed by atoms with van der Waals surface area (Å²) >= 11 is 0. The van der Waals surface area contributed by atoms with Crippen molar-refractivity contribution >= 4 is 5.97 Å². The fourth-order valence-electron chi connectivity index (χ4n) is 0.580. The third-order valence-corrected chi connectivity index (χ3v) is 1.00. The van der Waals surface area contributed by atoms with Crippen LogP contribution in [0.15, 0.2) is 0 Å². The predicted octanol–water partition coefficient (Wildman–Crippen LogP) is -9.17. The van der Waals surface area contributed by atoms with Crippen molar-refractivity contribution in [3.05, 3.63) is 0 Å². The summed E-state index contributed by atoms with van der Waals surface area (Å²) in [7, 11) is 3.81. The second-order valence-corrected chi connectivity index (χ2v) is 2.45. The second kappa shape index (κ2) is 8.07. The molecule has 0 aromatic rings. The molecule has 0 bridgehead atoms. The molecule has 0 rings (SSSR count). The van der Waals surface area contributed by atoms with Crippen LogP contribution in [0.3, 0.4) is 0 Å². The first-order chi connectivity index (χ1) is 4.04. The van der Waals surface area contributed by atoms with E-state index in [0.717, 1.165) is 4.90 Å². The van der Waals surface area contributed by atoms with E-state index in [-0.39, 0.29) is 24.8 Å². The zero-order valence-electron chi connectivity index (χ0n) is 6.60. The van der Waals surface area contributed by atoms with Crippen LogP contribution in [0, 0.1) is 0 Å². The highest BCUT2D eigenvalue weighted by Gasteiger charge is 2.17. The highest BCUT2D eigenvalue weighted by molar-refractivity contribution is 5.71. The topological polar surface area (TPSA) is 69.4 Å². The molecule has 5 N–H and O–H groups in total. The van der Waals surface area contributed by atoms with Crippen LogP contribution in [0.5, 0.6) is 0 Å². The standard InChI is InChI=1S/C5H12N2O2.2ClH/c1-7(2)3-4(6)5(8)9;;/h4H,3,6H2,1-2H3,(H,8,9);2*1H. The fraction of sp³-hybridized carbons (Fsp3) is 0.800. The Morgan fingerprint density at radius 2 is 1.91 bits per heavy atom. The molecule has 0 spiro atoms. The average Bonchev–Trinajstić information content (AvgIpc) is 1.63. The Bertz CT molecular complexity index is 111. The Morgan fingerprint density at radius 3 is 2.00 bits per heavy atom. The monoisotopic (exact) mass is 204 g/mol. The van der Waals surface area contributed by atoms with Crippen LogP contribution in [-0.2, 0) is 4.79 Å². The van der Waals surface area contributed by atoms with Crippen molar-refractivity contribution in [2.45, 2.75) is 6.04 Å². The van der Waals surface area contributed by atoms with Crippen LogP contribution in [-0.4, -0.2) is 37.8 Å². The largest absolute Gasteiger partial charge is 1.00 e. The third-order valence-electron chi connectivity index (χ3n) is 1.00. The van der Waals surface area contributed by atoms with Crippen molar-refractivity contribution in [3.63, 3.8) is 0 Å². The van der Waals surface area contributed by atoms with Gasteiger partial charge < -0.3 is 40.6 Å². The maximum Gasteiger partial charge on any atom is 0.368 e. The highest BCUT2D eigenvalue weighted by Crippen LogP contribution is 1.65. The Kier molecular flexibility index (Phi) is 12.6. The summed E-state index contributed by atoms with van der Waals surface area (Å²) in [5.41, 5.74) is 3.46. The Balaban J connectivity index is -0.000000320. The average molecular weight is 205 g/mol. The Morgan fingerprint density at radius 1 is 1.55 bits per heavy atom. The molecule has 0 saturated carbocycles. The van der Waals surface area contributed by atoms with E-state index < -0.39 is 12.0 Å². The highest BCUT2D eigenvalue weighted by atomic mass is 35.5. The number of carboxylic acid groups (broad SMARTS) is 1. The number of carboxylic acids is 1. The lowest BCUT2D eigenvalue weighted by atomic mass is 10.3. The molecule has 70 valence electrons. The first-order valence-corrected chi connectivity index (χ1v) is 2.89. The Labute approximate surface area is 78.6 Å². The van der Waals surface area contributed by atoms with Gasteiger partial charge in [0.05, 0.1) is 14.1 Å². The van der Waals surface area contributed by atoms with E-state index in [2.05, 4.69) is 5.73 Å². The number of halogens is 2. The predicted molar refractivity (Wildman–Crippen MR) is 32.0 cm³/mol. The van der Waals surface area contributed by atoms with Gasteiger partial charge in [0.25, 0.3) is 0 Å². The molecule has 0 amide bonds. The van der Waals surface area contributed by atoms with Crippen LogP contribution >= 0.6 is 0 Å². The van der Waals surface area contributed by atoms with Gasteiger partial charge in [-0.3, -0.25) is 0 Å². The lowest BCUT2D eigenvalue weighted by molar-refractivity contribution is -0.867. The third kappa shape index (κ3) is 9.97. The van der Waals surface area contributed by atoms with Gasteiger partial charge >= 0.3 is 5.97 Å². The number of aliphatic carboxylic acids is 1. The van der Waals surface area contributed by atoms with E-state index in [1.807, 2.05) is 14.1 Å². The van der Waals surface area contributed by atoms with Crippen molar-refractivity contribution in [3.8, 4) is 0 Å². The summed E-state index contributed by atoms with van der Waals surface area (Å²) in [5.74, 6) is -0.823.